The van der Waals surface area contributed by atoms with Crippen LogP contribution in [-0.4, -0.2) is 47.3 Å². The lowest BCUT2D eigenvalue weighted by Gasteiger charge is -2.20. The topological polar surface area (TPSA) is 69.7 Å². The zero-order valence-corrected chi connectivity index (χ0v) is 14.0. The quantitative estimate of drug-likeness (QED) is 0.807. The van der Waals surface area contributed by atoms with Gasteiger partial charge in [-0.2, -0.15) is 0 Å². The number of carbonyl (C=O) groups is 3. The van der Waals surface area contributed by atoms with Crippen LogP contribution < -0.4 is 5.32 Å². The fourth-order valence-electron chi connectivity index (χ4n) is 2.46. The summed E-state index contributed by atoms with van der Waals surface area (Å²) in [5.74, 6) is -0.632. The maximum Gasteiger partial charge on any atom is 0.325 e. The van der Waals surface area contributed by atoms with Gasteiger partial charge in [-0.1, -0.05) is 37.1 Å². The van der Waals surface area contributed by atoms with E-state index in [9.17, 15) is 14.4 Å². The van der Waals surface area contributed by atoms with Crippen molar-refractivity contribution in [2.45, 2.75) is 32.4 Å². The molecule has 124 valence electrons. The summed E-state index contributed by atoms with van der Waals surface area (Å²) >= 11 is 5.92. The number of hydrogen-bond acceptors (Lipinski definition) is 3. The van der Waals surface area contributed by atoms with E-state index in [4.69, 9.17) is 11.6 Å². The van der Waals surface area contributed by atoms with Crippen LogP contribution in [0.25, 0.3) is 0 Å². The third-order valence-corrected chi connectivity index (χ3v) is 3.95. The number of imide groups is 1. The van der Waals surface area contributed by atoms with Crippen molar-refractivity contribution in [1.82, 2.24) is 15.1 Å². The molecular formula is C16H20ClN3O3. The number of halogens is 1. The van der Waals surface area contributed by atoms with E-state index < -0.39 is 12.1 Å². The van der Waals surface area contributed by atoms with Gasteiger partial charge in [0, 0.05) is 18.6 Å². The van der Waals surface area contributed by atoms with Crippen LogP contribution >= 0.6 is 11.6 Å². The van der Waals surface area contributed by atoms with E-state index in [-0.39, 0.29) is 18.4 Å². The largest absolute Gasteiger partial charge is 0.340 e. The summed E-state index contributed by atoms with van der Waals surface area (Å²) in [5.41, 5.74) is 0.884. The van der Waals surface area contributed by atoms with Crippen molar-refractivity contribution in [3.05, 3.63) is 34.9 Å². The number of hydrogen-bond donors (Lipinski definition) is 1. The molecule has 0 spiro atoms. The van der Waals surface area contributed by atoms with Gasteiger partial charge in [0.15, 0.2) is 0 Å². The second kappa shape index (κ2) is 7.46. The van der Waals surface area contributed by atoms with Crippen molar-refractivity contribution in [3.63, 3.8) is 0 Å². The Bertz CT molecular complexity index is 620. The van der Waals surface area contributed by atoms with Crippen molar-refractivity contribution in [1.29, 1.82) is 0 Å². The number of benzene rings is 1. The van der Waals surface area contributed by atoms with Crippen LogP contribution in [0.5, 0.6) is 0 Å². The predicted molar refractivity (Wildman–Crippen MR) is 86.9 cm³/mol. The molecule has 7 heteroatoms. The van der Waals surface area contributed by atoms with Gasteiger partial charge >= 0.3 is 6.03 Å². The standard InChI is InChI=1S/C16H20ClN3O3/c1-3-5-13-15(22)20(16(23)18-13)10-14(21)19(2)9-11-6-4-7-12(17)8-11/h4,6-8,13H,3,5,9-10H2,1-2H3,(H,18,23)/t13-/m1/s1. The summed E-state index contributed by atoms with van der Waals surface area (Å²) < 4.78 is 0. The predicted octanol–water partition coefficient (Wildman–Crippen LogP) is 2.02. The Morgan fingerprint density at radius 3 is 2.78 bits per heavy atom. The Kier molecular flexibility index (Phi) is 5.60. The SMILES string of the molecule is CCC[C@H]1NC(=O)N(CC(=O)N(C)Cc2cccc(Cl)c2)C1=O. The fourth-order valence-corrected chi connectivity index (χ4v) is 2.68. The zero-order valence-electron chi connectivity index (χ0n) is 13.2. The van der Waals surface area contributed by atoms with Gasteiger partial charge in [-0.3, -0.25) is 14.5 Å². The lowest BCUT2D eigenvalue weighted by atomic mass is 10.2. The fraction of sp³-hybridized carbons (Fsp3) is 0.438. The highest BCUT2D eigenvalue weighted by atomic mass is 35.5. The van der Waals surface area contributed by atoms with Gasteiger partial charge in [0.1, 0.15) is 12.6 Å². The molecule has 1 aliphatic heterocycles. The molecule has 1 heterocycles. The van der Waals surface area contributed by atoms with E-state index in [0.29, 0.717) is 18.0 Å². The maximum atomic E-state index is 12.3. The molecule has 0 radical (unpaired) electrons. The van der Waals surface area contributed by atoms with Crippen LogP contribution in [0, 0.1) is 0 Å². The second-order valence-electron chi connectivity index (χ2n) is 5.59. The highest BCUT2D eigenvalue weighted by molar-refractivity contribution is 6.30. The van der Waals surface area contributed by atoms with E-state index in [1.807, 2.05) is 19.1 Å². The lowest BCUT2D eigenvalue weighted by Crippen LogP contribution is -2.41. The van der Waals surface area contributed by atoms with Gasteiger partial charge in [0.05, 0.1) is 0 Å². The van der Waals surface area contributed by atoms with Crippen molar-refractivity contribution in [2.24, 2.45) is 0 Å². The molecule has 0 aliphatic carbocycles. The third-order valence-electron chi connectivity index (χ3n) is 3.71. The molecule has 23 heavy (non-hydrogen) atoms. The average Bonchev–Trinajstić information content (AvgIpc) is 2.75. The van der Waals surface area contributed by atoms with Gasteiger partial charge in [-0.25, -0.2) is 4.79 Å². The summed E-state index contributed by atoms with van der Waals surface area (Å²) in [6, 6.07) is 6.18. The first-order valence-corrected chi connectivity index (χ1v) is 7.90. The first-order chi connectivity index (χ1) is 10.9. The molecule has 0 aromatic heterocycles. The summed E-state index contributed by atoms with van der Waals surface area (Å²) in [4.78, 5) is 38.7. The minimum Gasteiger partial charge on any atom is -0.340 e. The number of nitrogens with one attached hydrogen (secondary N) is 1. The molecule has 4 amide bonds. The van der Waals surface area contributed by atoms with Crippen molar-refractivity contribution >= 4 is 29.4 Å². The van der Waals surface area contributed by atoms with Crippen LogP contribution in [0.3, 0.4) is 0 Å². The molecule has 0 saturated carbocycles. The Morgan fingerprint density at radius 1 is 1.39 bits per heavy atom. The number of urea groups is 1. The third kappa shape index (κ3) is 4.22. The molecule has 1 aromatic carbocycles. The molecule has 1 aromatic rings. The first-order valence-electron chi connectivity index (χ1n) is 7.52. The van der Waals surface area contributed by atoms with Gasteiger partial charge in [-0.15, -0.1) is 0 Å². The molecule has 1 N–H and O–H groups in total. The monoisotopic (exact) mass is 337 g/mol. The van der Waals surface area contributed by atoms with Crippen LogP contribution in [0.1, 0.15) is 25.3 Å². The Morgan fingerprint density at radius 2 is 2.13 bits per heavy atom. The van der Waals surface area contributed by atoms with E-state index in [0.717, 1.165) is 16.9 Å². The normalized spacial score (nSPS) is 17.3. The van der Waals surface area contributed by atoms with Crippen molar-refractivity contribution in [2.75, 3.05) is 13.6 Å². The average molecular weight is 338 g/mol. The number of amides is 4. The van der Waals surface area contributed by atoms with Crippen LogP contribution in [0.15, 0.2) is 24.3 Å². The van der Waals surface area contributed by atoms with Crippen molar-refractivity contribution < 1.29 is 14.4 Å². The van der Waals surface area contributed by atoms with Crippen LogP contribution in [0.4, 0.5) is 4.79 Å². The molecule has 1 saturated heterocycles. The van der Waals surface area contributed by atoms with Gasteiger partial charge in [-0.05, 0) is 24.1 Å². The van der Waals surface area contributed by atoms with E-state index in [2.05, 4.69) is 5.32 Å². The number of carbonyl (C=O) groups excluding carboxylic acids is 3. The van der Waals surface area contributed by atoms with Crippen molar-refractivity contribution in [3.8, 4) is 0 Å². The minimum absolute atomic E-state index is 0.248. The lowest BCUT2D eigenvalue weighted by molar-refractivity contribution is -0.136. The molecule has 0 bridgehead atoms. The summed E-state index contributed by atoms with van der Waals surface area (Å²) in [6.07, 6.45) is 1.36. The Hall–Kier alpha value is -2.08. The summed E-state index contributed by atoms with van der Waals surface area (Å²) in [6.45, 7) is 2.05. The van der Waals surface area contributed by atoms with E-state index in [1.165, 1.54) is 4.90 Å². The van der Waals surface area contributed by atoms with E-state index in [1.54, 1.807) is 19.2 Å². The highest BCUT2D eigenvalue weighted by Gasteiger charge is 2.38. The minimum atomic E-state index is -0.515. The first kappa shape index (κ1) is 17.3. The molecule has 1 aliphatic rings. The number of likely N-dealkylation sites (N-methyl/N-ethyl adjacent to an activating group) is 1. The molecule has 6 nitrogen and oxygen atoms in total. The van der Waals surface area contributed by atoms with Gasteiger partial charge in [0.25, 0.3) is 5.91 Å². The summed E-state index contributed by atoms with van der Waals surface area (Å²) in [5, 5.41) is 3.20. The van der Waals surface area contributed by atoms with Gasteiger partial charge < -0.3 is 10.2 Å². The summed E-state index contributed by atoms with van der Waals surface area (Å²) in [7, 11) is 1.63. The molecular weight excluding hydrogens is 318 g/mol. The Balaban J connectivity index is 1.95. The molecule has 1 fully saturated rings. The number of nitrogens with zero attached hydrogens (tertiary/aromatic N) is 2. The molecule has 2 rings (SSSR count). The smallest absolute Gasteiger partial charge is 0.325 e. The molecule has 0 unspecified atom stereocenters. The van der Waals surface area contributed by atoms with Crippen LogP contribution in [-0.2, 0) is 16.1 Å². The van der Waals surface area contributed by atoms with Gasteiger partial charge in [0.2, 0.25) is 5.91 Å². The Labute approximate surface area is 140 Å². The zero-order chi connectivity index (χ0) is 17.0. The molecule has 1 atom stereocenters. The van der Waals surface area contributed by atoms with E-state index >= 15 is 0 Å². The number of rotatable bonds is 6. The maximum absolute atomic E-state index is 12.3. The van der Waals surface area contributed by atoms with Crippen LogP contribution in [0.2, 0.25) is 5.02 Å². The second-order valence-corrected chi connectivity index (χ2v) is 6.03. The highest BCUT2D eigenvalue weighted by Crippen LogP contribution is 2.14.